The molecule has 1 aliphatic heterocycles. The van der Waals surface area contributed by atoms with Gasteiger partial charge in [0.15, 0.2) is 11.6 Å². The van der Waals surface area contributed by atoms with Crippen molar-refractivity contribution in [1.82, 2.24) is 5.32 Å². The lowest BCUT2D eigenvalue weighted by Gasteiger charge is -2.20. The Morgan fingerprint density at radius 3 is 2.85 bits per heavy atom. The van der Waals surface area contributed by atoms with Gasteiger partial charge in [0.1, 0.15) is 5.76 Å². The van der Waals surface area contributed by atoms with Crippen LogP contribution in [0.2, 0.25) is 0 Å². The fraction of sp³-hybridized carbons (Fsp3) is 0.333. The van der Waals surface area contributed by atoms with Crippen LogP contribution in [-0.4, -0.2) is 12.6 Å². The highest BCUT2D eigenvalue weighted by atomic mass is 19.2. The molecule has 1 N–H and O–H groups in total. The van der Waals surface area contributed by atoms with Crippen LogP contribution in [-0.2, 0) is 11.3 Å². The summed E-state index contributed by atoms with van der Waals surface area (Å²) in [6.45, 7) is 1.18. The number of benzene rings is 1. The van der Waals surface area contributed by atoms with Gasteiger partial charge in [-0.2, -0.15) is 0 Å². The van der Waals surface area contributed by atoms with Gasteiger partial charge in [-0.25, -0.2) is 8.78 Å². The van der Waals surface area contributed by atoms with Crippen LogP contribution in [0.5, 0.6) is 0 Å². The highest BCUT2D eigenvalue weighted by Gasteiger charge is 2.30. The van der Waals surface area contributed by atoms with Crippen molar-refractivity contribution in [3.63, 3.8) is 0 Å². The zero-order chi connectivity index (χ0) is 13.9. The second-order valence-electron chi connectivity index (χ2n) is 4.82. The van der Waals surface area contributed by atoms with Crippen LogP contribution in [0.25, 0.3) is 0 Å². The second-order valence-corrected chi connectivity index (χ2v) is 4.82. The molecule has 5 heteroatoms. The van der Waals surface area contributed by atoms with Crippen LogP contribution in [0.1, 0.15) is 23.8 Å². The third-order valence-electron chi connectivity index (χ3n) is 3.48. The molecule has 1 aromatic carbocycles. The minimum atomic E-state index is -0.845. The van der Waals surface area contributed by atoms with Crippen LogP contribution in [0.15, 0.2) is 41.0 Å². The number of furan rings is 1. The molecule has 0 unspecified atom stereocenters. The maximum Gasteiger partial charge on any atom is 0.159 e. The number of ether oxygens (including phenoxy) is 1. The third kappa shape index (κ3) is 2.73. The predicted octanol–water partition coefficient (Wildman–Crippen LogP) is 3.18. The SMILES string of the molecule is Fc1ccc([C@H]2OCC[C@H]2NCc2ccco2)cc1F. The highest BCUT2D eigenvalue weighted by molar-refractivity contribution is 5.22. The molecular weight excluding hydrogens is 264 g/mol. The van der Waals surface area contributed by atoms with Crippen LogP contribution in [0, 0.1) is 11.6 Å². The van der Waals surface area contributed by atoms with Crippen molar-refractivity contribution in [1.29, 1.82) is 0 Å². The fourth-order valence-electron chi connectivity index (χ4n) is 2.46. The molecule has 2 atom stereocenters. The van der Waals surface area contributed by atoms with Gasteiger partial charge in [-0.15, -0.1) is 0 Å². The van der Waals surface area contributed by atoms with E-state index in [0.29, 0.717) is 18.7 Å². The van der Waals surface area contributed by atoms with E-state index in [2.05, 4.69) is 5.32 Å². The normalized spacial score (nSPS) is 22.3. The molecule has 0 radical (unpaired) electrons. The molecule has 0 bridgehead atoms. The minimum absolute atomic E-state index is 0.0601. The van der Waals surface area contributed by atoms with Gasteiger partial charge >= 0.3 is 0 Å². The quantitative estimate of drug-likeness (QED) is 0.933. The Morgan fingerprint density at radius 1 is 1.20 bits per heavy atom. The van der Waals surface area contributed by atoms with E-state index in [1.807, 2.05) is 12.1 Å². The maximum atomic E-state index is 13.3. The first kappa shape index (κ1) is 13.3. The second kappa shape index (κ2) is 5.73. The summed E-state index contributed by atoms with van der Waals surface area (Å²) in [5, 5.41) is 3.33. The van der Waals surface area contributed by atoms with Gasteiger partial charge in [0, 0.05) is 12.6 Å². The van der Waals surface area contributed by atoms with E-state index in [0.717, 1.165) is 18.2 Å². The molecule has 0 spiro atoms. The summed E-state index contributed by atoms with van der Waals surface area (Å²) in [5.74, 6) is -0.851. The summed E-state index contributed by atoms with van der Waals surface area (Å²) in [7, 11) is 0. The average Bonchev–Trinajstić information content (AvgIpc) is 3.10. The molecule has 0 aliphatic carbocycles. The average molecular weight is 279 g/mol. The summed E-state index contributed by atoms with van der Waals surface area (Å²) in [4.78, 5) is 0. The van der Waals surface area contributed by atoms with E-state index in [1.54, 1.807) is 12.3 Å². The molecule has 3 rings (SSSR count). The first-order valence-electron chi connectivity index (χ1n) is 6.56. The van der Waals surface area contributed by atoms with Crippen LogP contribution < -0.4 is 5.32 Å². The van der Waals surface area contributed by atoms with Crippen LogP contribution >= 0.6 is 0 Å². The molecule has 0 saturated carbocycles. The van der Waals surface area contributed by atoms with E-state index in [4.69, 9.17) is 9.15 Å². The molecule has 3 nitrogen and oxygen atoms in total. The molecule has 0 amide bonds. The summed E-state index contributed by atoms with van der Waals surface area (Å²) in [6, 6.07) is 7.67. The minimum Gasteiger partial charge on any atom is -0.468 e. The Labute approximate surface area is 115 Å². The van der Waals surface area contributed by atoms with Gasteiger partial charge in [-0.1, -0.05) is 6.07 Å². The predicted molar refractivity (Wildman–Crippen MR) is 69.0 cm³/mol. The summed E-state index contributed by atoms with van der Waals surface area (Å²) >= 11 is 0. The monoisotopic (exact) mass is 279 g/mol. The standard InChI is InChI=1S/C15H15F2NO2/c16-12-4-3-10(8-13(12)17)15-14(5-7-20-15)18-9-11-2-1-6-19-11/h1-4,6,8,14-15,18H,5,7,9H2/t14-,15-/m1/s1. The molecule has 106 valence electrons. The molecule has 1 fully saturated rings. The van der Waals surface area contributed by atoms with Crippen LogP contribution in [0.3, 0.4) is 0 Å². The summed E-state index contributed by atoms with van der Waals surface area (Å²) in [6.07, 6.45) is 2.18. The van der Waals surface area contributed by atoms with E-state index in [-0.39, 0.29) is 12.1 Å². The van der Waals surface area contributed by atoms with Crippen molar-refractivity contribution in [3.05, 3.63) is 59.6 Å². The summed E-state index contributed by atoms with van der Waals surface area (Å²) < 4.78 is 37.2. The van der Waals surface area contributed by atoms with E-state index in [1.165, 1.54) is 6.07 Å². The maximum absolute atomic E-state index is 13.3. The highest BCUT2D eigenvalue weighted by Crippen LogP contribution is 2.30. The molecule has 20 heavy (non-hydrogen) atoms. The molecule has 1 aromatic heterocycles. The molecule has 1 saturated heterocycles. The van der Waals surface area contributed by atoms with Crippen molar-refractivity contribution >= 4 is 0 Å². The molecule has 2 aromatic rings. The van der Waals surface area contributed by atoms with Gasteiger partial charge in [0.2, 0.25) is 0 Å². The number of rotatable bonds is 4. The van der Waals surface area contributed by atoms with Gasteiger partial charge in [-0.05, 0) is 36.2 Å². The zero-order valence-electron chi connectivity index (χ0n) is 10.8. The molecule has 1 aliphatic rings. The number of hydrogen-bond acceptors (Lipinski definition) is 3. The number of hydrogen-bond donors (Lipinski definition) is 1. The molecule has 2 heterocycles. The van der Waals surface area contributed by atoms with Crippen molar-refractivity contribution < 1.29 is 17.9 Å². The lowest BCUT2D eigenvalue weighted by atomic mass is 10.0. The lowest BCUT2D eigenvalue weighted by molar-refractivity contribution is 0.0977. The number of halogens is 2. The fourth-order valence-corrected chi connectivity index (χ4v) is 2.46. The Morgan fingerprint density at radius 2 is 2.10 bits per heavy atom. The largest absolute Gasteiger partial charge is 0.468 e. The van der Waals surface area contributed by atoms with E-state index >= 15 is 0 Å². The van der Waals surface area contributed by atoms with Gasteiger partial charge in [0.05, 0.1) is 18.9 Å². The topological polar surface area (TPSA) is 34.4 Å². The number of nitrogens with one attached hydrogen (secondary N) is 1. The Kier molecular flexibility index (Phi) is 3.80. The van der Waals surface area contributed by atoms with Crippen molar-refractivity contribution in [2.75, 3.05) is 6.61 Å². The van der Waals surface area contributed by atoms with E-state index < -0.39 is 11.6 Å². The lowest BCUT2D eigenvalue weighted by Crippen LogP contribution is -2.31. The Balaban J connectivity index is 1.69. The Hall–Kier alpha value is -1.72. The van der Waals surface area contributed by atoms with Crippen molar-refractivity contribution in [3.8, 4) is 0 Å². The van der Waals surface area contributed by atoms with E-state index in [9.17, 15) is 8.78 Å². The summed E-state index contributed by atoms with van der Waals surface area (Å²) in [5.41, 5.74) is 0.651. The first-order chi connectivity index (χ1) is 9.74. The van der Waals surface area contributed by atoms with Gasteiger partial charge in [-0.3, -0.25) is 0 Å². The van der Waals surface area contributed by atoms with Crippen LogP contribution in [0.4, 0.5) is 8.78 Å². The van der Waals surface area contributed by atoms with Crippen molar-refractivity contribution in [2.24, 2.45) is 0 Å². The van der Waals surface area contributed by atoms with Crippen molar-refractivity contribution in [2.45, 2.75) is 25.1 Å². The zero-order valence-corrected chi connectivity index (χ0v) is 10.8. The smallest absolute Gasteiger partial charge is 0.159 e. The third-order valence-corrected chi connectivity index (χ3v) is 3.48. The van der Waals surface area contributed by atoms with Gasteiger partial charge in [0.25, 0.3) is 0 Å². The van der Waals surface area contributed by atoms with Gasteiger partial charge < -0.3 is 14.5 Å². The first-order valence-corrected chi connectivity index (χ1v) is 6.56. The Bertz CT molecular complexity index is 571. The molecular formula is C15H15F2NO2.